The molecule has 2 N–H and O–H groups in total. The van der Waals surface area contributed by atoms with Crippen LogP contribution >= 0.6 is 0 Å². The van der Waals surface area contributed by atoms with E-state index in [9.17, 15) is 4.79 Å². The lowest BCUT2D eigenvalue weighted by atomic mass is 9.88. The van der Waals surface area contributed by atoms with Gasteiger partial charge < -0.3 is 15.4 Å². The predicted octanol–water partition coefficient (Wildman–Crippen LogP) is 2.69. The molecule has 2 aliphatic rings. The molecule has 1 aliphatic heterocycles. The highest BCUT2D eigenvalue weighted by Crippen LogP contribution is 2.27. The maximum Gasteiger partial charge on any atom is 0.227 e. The van der Waals surface area contributed by atoms with Gasteiger partial charge in [0.05, 0.1) is 0 Å². The second-order valence-corrected chi connectivity index (χ2v) is 5.67. The average Bonchev–Trinajstić information content (AvgIpc) is 2.73. The summed E-state index contributed by atoms with van der Waals surface area (Å²) in [4.78, 5) is 12.2. The highest BCUT2D eigenvalue weighted by atomic mass is 16.5. The van der Waals surface area contributed by atoms with Crippen molar-refractivity contribution in [3.05, 3.63) is 23.8 Å². The zero-order chi connectivity index (χ0) is 13.8. The third-order valence-electron chi connectivity index (χ3n) is 4.16. The van der Waals surface area contributed by atoms with E-state index in [4.69, 9.17) is 4.74 Å². The molecule has 4 nitrogen and oxygen atoms in total. The molecule has 0 atom stereocenters. The summed E-state index contributed by atoms with van der Waals surface area (Å²) < 4.78 is 5.65. The van der Waals surface area contributed by atoms with Crippen molar-refractivity contribution in [2.45, 2.75) is 38.6 Å². The number of carbonyl (C=O) groups excluding carboxylic acids is 1. The van der Waals surface area contributed by atoms with Crippen molar-refractivity contribution in [3.63, 3.8) is 0 Å². The van der Waals surface area contributed by atoms with E-state index in [1.807, 2.05) is 18.2 Å². The maximum absolute atomic E-state index is 12.2. The van der Waals surface area contributed by atoms with Gasteiger partial charge in [-0.2, -0.15) is 0 Å². The fourth-order valence-corrected chi connectivity index (χ4v) is 3.00. The number of hydrogen-bond donors (Lipinski definition) is 2. The minimum Gasteiger partial charge on any atom is -0.492 e. The number of amides is 1. The van der Waals surface area contributed by atoms with E-state index in [1.165, 1.54) is 19.3 Å². The van der Waals surface area contributed by atoms with Crippen molar-refractivity contribution in [2.24, 2.45) is 5.92 Å². The maximum atomic E-state index is 12.2. The number of carbonyl (C=O) groups is 1. The van der Waals surface area contributed by atoms with Gasteiger partial charge in [0.15, 0.2) is 0 Å². The van der Waals surface area contributed by atoms with Gasteiger partial charge >= 0.3 is 0 Å². The second-order valence-electron chi connectivity index (χ2n) is 5.67. The fraction of sp³-hybridized carbons (Fsp3) is 0.562. The molecule has 1 aromatic carbocycles. The van der Waals surface area contributed by atoms with Crippen LogP contribution in [0.2, 0.25) is 0 Å². The Morgan fingerprint density at radius 3 is 2.95 bits per heavy atom. The number of ether oxygens (including phenoxy) is 1. The second kappa shape index (κ2) is 6.27. The van der Waals surface area contributed by atoms with E-state index < -0.39 is 0 Å². The molecule has 0 saturated heterocycles. The Morgan fingerprint density at radius 1 is 1.25 bits per heavy atom. The van der Waals surface area contributed by atoms with Crippen LogP contribution in [-0.4, -0.2) is 19.1 Å². The number of anilines is 1. The van der Waals surface area contributed by atoms with Crippen LogP contribution in [0.5, 0.6) is 5.75 Å². The molecule has 0 bridgehead atoms. The summed E-state index contributed by atoms with van der Waals surface area (Å²) >= 11 is 0. The Labute approximate surface area is 119 Å². The molecule has 1 fully saturated rings. The highest BCUT2D eigenvalue weighted by Gasteiger charge is 2.21. The third-order valence-corrected chi connectivity index (χ3v) is 4.16. The van der Waals surface area contributed by atoms with Gasteiger partial charge in [-0.15, -0.1) is 0 Å². The van der Waals surface area contributed by atoms with E-state index in [2.05, 4.69) is 10.6 Å². The van der Waals surface area contributed by atoms with Crippen LogP contribution in [0.15, 0.2) is 18.2 Å². The van der Waals surface area contributed by atoms with Gasteiger partial charge in [-0.25, -0.2) is 0 Å². The first-order valence-electron chi connectivity index (χ1n) is 7.60. The predicted molar refractivity (Wildman–Crippen MR) is 78.8 cm³/mol. The summed E-state index contributed by atoms with van der Waals surface area (Å²) in [5, 5.41) is 6.37. The van der Waals surface area contributed by atoms with Crippen LogP contribution in [-0.2, 0) is 11.3 Å². The molecule has 0 unspecified atom stereocenters. The average molecular weight is 274 g/mol. The first kappa shape index (κ1) is 13.4. The van der Waals surface area contributed by atoms with Gasteiger partial charge in [0.25, 0.3) is 0 Å². The van der Waals surface area contributed by atoms with Gasteiger partial charge in [0, 0.05) is 30.3 Å². The minimum atomic E-state index is 0.173. The zero-order valence-corrected chi connectivity index (χ0v) is 11.8. The zero-order valence-electron chi connectivity index (χ0n) is 11.8. The molecule has 4 heteroatoms. The monoisotopic (exact) mass is 274 g/mol. The molecule has 108 valence electrons. The van der Waals surface area contributed by atoms with Crippen LogP contribution in [0, 0.1) is 5.92 Å². The lowest BCUT2D eigenvalue weighted by molar-refractivity contribution is -0.120. The van der Waals surface area contributed by atoms with Gasteiger partial charge in [-0.1, -0.05) is 19.3 Å². The molecule has 0 aromatic heterocycles. The van der Waals surface area contributed by atoms with Crippen LogP contribution in [0.1, 0.15) is 37.7 Å². The summed E-state index contributed by atoms with van der Waals surface area (Å²) in [6, 6.07) is 5.91. The molecular weight excluding hydrogens is 252 g/mol. The molecule has 1 aliphatic carbocycles. The standard InChI is InChI=1S/C16H22N2O2/c19-16(12-4-2-1-3-5-12)18-14-6-7-15-13(10-14)11-17-8-9-20-15/h6-7,10,12,17H,1-5,8-9,11H2,(H,18,19). The smallest absolute Gasteiger partial charge is 0.227 e. The Kier molecular flexibility index (Phi) is 4.21. The molecule has 3 rings (SSSR count). The molecule has 0 spiro atoms. The van der Waals surface area contributed by atoms with E-state index >= 15 is 0 Å². The van der Waals surface area contributed by atoms with Crippen molar-refractivity contribution in [1.82, 2.24) is 5.32 Å². The van der Waals surface area contributed by atoms with Gasteiger partial charge in [0.1, 0.15) is 12.4 Å². The summed E-state index contributed by atoms with van der Waals surface area (Å²) in [6.45, 7) is 2.35. The van der Waals surface area contributed by atoms with Crippen molar-refractivity contribution < 1.29 is 9.53 Å². The van der Waals surface area contributed by atoms with Gasteiger partial charge in [0.2, 0.25) is 5.91 Å². The van der Waals surface area contributed by atoms with Gasteiger partial charge in [-0.05, 0) is 31.0 Å². The number of benzene rings is 1. The largest absolute Gasteiger partial charge is 0.492 e. The van der Waals surface area contributed by atoms with Crippen molar-refractivity contribution >= 4 is 11.6 Å². The lowest BCUT2D eigenvalue weighted by Gasteiger charge is -2.21. The van der Waals surface area contributed by atoms with Crippen LogP contribution < -0.4 is 15.4 Å². The van der Waals surface area contributed by atoms with Gasteiger partial charge in [-0.3, -0.25) is 4.79 Å². The summed E-state index contributed by atoms with van der Waals surface area (Å²) in [5.41, 5.74) is 2.00. The number of fused-ring (bicyclic) bond motifs is 1. The Balaban J connectivity index is 1.68. The van der Waals surface area contributed by atoms with Crippen LogP contribution in [0.4, 0.5) is 5.69 Å². The highest BCUT2D eigenvalue weighted by molar-refractivity contribution is 5.92. The van der Waals surface area contributed by atoms with Crippen molar-refractivity contribution in [3.8, 4) is 5.75 Å². The summed E-state index contributed by atoms with van der Waals surface area (Å²) in [6.07, 6.45) is 5.69. The van der Waals surface area contributed by atoms with E-state index in [0.29, 0.717) is 6.61 Å². The lowest BCUT2D eigenvalue weighted by Crippen LogP contribution is -2.24. The first-order valence-corrected chi connectivity index (χ1v) is 7.60. The molecule has 1 aromatic rings. The van der Waals surface area contributed by atoms with Crippen molar-refractivity contribution in [2.75, 3.05) is 18.5 Å². The number of rotatable bonds is 2. The minimum absolute atomic E-state index is 0.173. The fourth-order valence-electron chi connectivity index (χ4n) is 3.00. The van der Waals surface area contributed by atoms with E-state index in [0.717, 1.165) is 42.9 Å². The summed E-state index contributed by atoms with van der Waals surface area (Å²) in [7, 11) is 0. The van der Waals surface area contributed by atoms with Crippen LogP contribution in [0.25, 0.3) is 0 Å². The normalized spacial score (nSPS) is 19.6. The van der Waals surface area contributed by atoms with E-state index in [-0.39, 0.29) is 11.8 Å². The third kappa shape index (κ3) is 3.12. The van der Waals surface area contributed by atoms with Crippen LogP contribution in [0.3, 0.4) is 0 Å². The SMILES string of the molecule is O=C(Nc1ccc2c(c1)CNCCO2)C1CCCCC1. The molecule has 1 heterocycles. The molecule has 20 heavy (non-hydrogen) atoms. The quantitative estimate of drug-likeness (QED) is 0.871. The Morgan fingerprint density at radius 2 is 2.10 bits per heavy atom. The molecule has 1 saturated carbocycles. The first-order chi connectivity index (χ1) is 9.83. The molecular formula is C16H22N2O2. The topological polar surface area (TPSA) is 50.4 Å². The molecule has 0 radical (unpaired) electrons. The number of hydrogen-bond acceptors (Lipinski definition) is 3. The Bertz CT molecular complexity index is 481. The van der Waals surface area contributed by atoms with Crippen molar-refractivity contribution in [1.29, 1.82) is 0 Å². The summed E-state index contributed by atoms with van der Waals surface area (Å²) in [5.74, 6) is 1.29. The Hall–Kier alpha value is -1.55. The number of nitrogens with one attached hydrogen (secondary N) is 2. The molecule has 1 amide bonds. The van der Waals surface area contributed by atoms with E-state index in [1.54, 1.807) is 0 Å².